The molecule has 2 heterocycles. The molecule has 0 bridgehead atoms. The van der Waals surface area contributed by atoms with Crippen LogP contribution in [0.2, 0.25) is 0 Å². The Bertz CT molecular complexity index is 1470. The highest BCUT2D eigenvalue weighted by Crippen LogP contribution is 2.48. The molecule has 0 radical (unpaired) electrons. The molecule has 160 valence electrons. The van der Waals surface area contributed by atoms with Crippen LogP contribution in [-0.4, -0.2) is 16.1 Å². The third-order valence-corrected chi connectivity index (χ3v) is 6.07. The second kappa shape index (κ2) is 7.24. The molecule has 8 heteroatoms. The zero-order valence-corrected chi connectivity index (χ0v) is 17.6. The van der Waals surface area contributed by atoms with Crippen molar-refractivity contribution < 1.29 is 13.6 Å². The molecule has 4 aromatic rings. The summed E-state index contributed by atoms with van der Waals surface area (Å²) in [4.78, 5) is 25.1. The first-order chi connectivity index (χ1) is 15.3. The molecule has 1 amide bonds. The number of fused-ring (bicyclic) bond motifs is 2. The van der Waals surface area contributed by atoms with Crippen molar-refractivity contribution in [3.8, 4) is 0 Å². The zero-order chi connectivity index (χ0) is 22.6. The van der Waals surface area contributed by atoms with Crippen molar-refractivity contribution >= 4 is 39.7 Å². The van der Waals surface area contributed by atoms with Crippen LogP contribution in [0.15, 0.2) is 65.5 Å². The summed E-state index contributed by atoms with van der Waals surface area (Å²) in [5.74, 6) is -1.55. The van der Waals surface area contributed by atoms with Crippen LogP contribution in [0.5, 0.6) is 0 Å². The largest absolute Gasteiger partial charge is 0.276 e. The van der Waals surface area contributed by atoms with E-state index < -0.39 is 28.0 Å². The minimum Gasteiger partial charge on any atom is -0.276 e. The minimum atomic E-state index is -1.31. The first-order valence-corrected chi connectivity index (χ1v) is 10.2. The van der Waals surface area contributed by atoms with Gasteiger partial charge in [0, 0.05) is 17.4 Å². The molecule has 3 aromatic carbocycles. The lowest BCUT2D eigenvalue weighted by molar-refractivity contribution is -0.119. The first kappa shape index (κ1) is 20.3. The maximum absolute atomic E-state index is 14.9. The Hall–Kier alpha value is -3.58. The Morgan fingerprint density at radius 1 is 1.00 bits per heavy atom. The first-order valence-electron chi connectivity index (χ1n) is 9.85. The summed E-state index contributed by atoms with van der Waals surface area (Å²) in [7, 11) is 0. The number of nitrogens with one attached hydrogen (secondary N) is 1. The van der Waals surface area contributed by atoms with E-state index in [4.69, 9.17) is 11.6 Å². The fraction of sp³-hybridized carbons (Fsp3) is 0.125. The number of alkyl halides is 1. The van der Waals surface area contributed by atoms with Gasteiger partial charge in [-0.2, -0.15) is 5.10 Å². The van der Waals surface area contributed by atoms with Crippen LogP contribution in [0, 0.1) is 11.6 Å². The van der Waals surface area contributed by atoms with Gasteiger partial charge in [-0.05, 0) is 48.9 Å². The zero-order valence-electron chi connectivity index (χ0n) is 16.8. The van der Waals surface area contributed by atoms with E-state index >= 15 is 0 Å². The van der Waals surface area contributed by atoms with Crippen molar-refractivity contribution in [2.45, 2.75) is 18.2 Å². The molecule has 0 saturated carbocycles. The lowest BCUT2D eigenvalue weighted by Crippen LogP contribution is -2.31. The highest BCUT2D eigenvalue weighted by atomic mass is 35.5. The van der Waals surface area contributed by atoms with Crippen LogP contribution in [0.25, 0.3) is 10.8 Å². The minimum absolute atomic E-state index is 0.0732. The van der Waals surface area contributed by atoms with E-state index in [0.29, 0.717) is 27.9 Å². The fourth-order valence-corrected chi connectivity index (χ4v) is 4.35. The van der Waals surface area contributed by atoms with Crippen molar-refractivity contribution in [2.24, 2.45) is 0 Å². The summed E-state index contributed by atoms with van der Waals surface area (Å²) in [5, 5.41) is 7.15. The van der Waals surface area contributed by atoms with Gasteiger partial charge in [-0.15, -0.1) is 11.6 Å². The predicted molar refractivity (Wildman–Crippen MR) is 118 cm³/mol. The average molecular weight is 452 g/mol. The number of carbonyl (C=O) groups is 1. The van der Waals surface area contributed by atoms with Gasteiger partial charge in [0.05, 0.1) is 22.5 Å². The van der Waals surface area contributed by atoms with Gasteiger partial charge in [0.1, 0.15) is 16.5 Å². The molecule has 1 aliphatic heterocycles. The maximum Gasteiger partial charge on any atom is 0.272 e. The molecule has 0 spiro atoms. The Labute approximate surface area is 186 Å². The van der Waals surface area contributed by atoms with Gasteiger partial charge in [-0.3, -0.25) is 14.5 Å². The number of aromatic nitrogens is 2. The normalized spacial score (nSPS) is 17.8. The summed E-state index contributed by atoms with van der Waals surface area (Å²) < 4.78 is 28.5. The molecule has 0 aliphatic carbocycles. The van der Waals surface area contributed by atoms with Crippen LogP contribution in [0.1, 0.15) is 23.7 Å². The van der Waals surface area contributed by atoms with Gasteiger partial charge >= 0.3 is 0 Å². The smallest absolute Gasteiger partial charge is 0.272 e. The monoisotopic (exact) mass is 451 g/mol. The number of rotatable bonds is 3. The standard InChI is InChI=1S/C24H16ClF2N3O2/c1-24(25)17-4-2-3-5-20(17)30(23(24)32)21-11-13(6-9-18(21)27)10-19-15-8-7-14(26)12-16(15)22(31)29-28-19/h2-9,11-12H,10H2,1H3,(H,29,31). The molecular weight excluding hydrogens is 436 g/mol. The van der Waals surface area contributed by atoms with Gasteiger partial charge in [0.2, 0.25) is 0 Å². The van der Waals surface area contributed by atoms with E-state index in [9.17, 15) is 18.4 Å². The third kappa shape index (κ3) is 3.08. The van der Waals surface area contributed by atoms with Crippen molar-refractivity contribution in [2.75, 3.05) is 4.90 Å². The number of H-pyrrole nitrogens is 1. The molecule has 1 aliphatic rings. The molecule has 32 heavy (non-hydrogen) atoms. The lowest BCUT2D eigenvalue weighted by Gasteiger charge is -2.21. The highest BCUT2D eigenvalue weighted by Gasteiger charge is 2.47. The average Bonchev–Trinajstić information content (AvgIpc) is 2.97. The number of benzene rings is 3. The van der Waals surface area contributed by atoms with Crippen molar-refractivity contribution in [1.29, 1.82) is 0 Å². The summed E-state index contributed by atoms with van der Waals surface area (Å²) in [6.07, 6.45) is 0.230. The number of nitrogens with zero attached hydrogens (tertiary/aromatic N) is 2. The van der Waals surface area contributed by atoms with Crippen LogP contribution in [-0.2, 0) is 16.1 Å². The molecule has 1 atom stereocenters. The summed E-state index contributed by atoms with van der Waals surface area (Å²) in [6.45, 7) is 1.59. The second-order valence-corrected chi connectivity index (χ2v) is 8.57. The number of hydrogen-bond donors (Lipinski definition) is 1. The van der Waals surface area contributed by atoms with Crippen LogP contribution >= 0.6 is 11.6 Å². The molecule has 1 aromatic heterocycles. The molecule has 0 fully saturated rings. The number of hydrogen-bond acceptors (Lipinski definition) is 3. The van der Waals surface area contributed by atoms with E-state index in [-0.39, 0.29) is 17.5 Å². The molecule has 5 nitrogen and oxygen atoms in total. The van der Waals surface area contributed by atoms with Gasteiger partial charge in [-0.1, -0.05) is 24.3 Å². The molecule has 0 saturated heterocycles. The van der Waals surface area contributed by atoms with E-state index in [1.807, 2.05) is 0 Å². The number of halogens is 3. The van der Waals surface area contributed by atoms with Gasteiger partial charge in [0.25, 0.3) is 11.5 Å². The summed E-state index contributed by atoms with van der Waals surface area (Å²) in [5.41, 5.74) is 1.85. The molecular formula is C24H16ClF2N3O2. The van der Waals surface area contributed by atoms with E-state index in [0.717, 1.165) is 6.07 Å². The Kier molecular flexibility index (Phi) is 4.60. The highest BCUT2D eigenvalue weighted by molar-refractivity contribution is 6.40. The third-order valence-electron chi connectivity index (χ3n) is 5.71. The maximum atomic E-state index is 14.9. The van der Waals surface area contributed by atoms with E-state index in [2.05, 4.69) is 10.2 Å². The molecule has 5 rings (SSSR count). The SMILES string of the molecule is CC1(Cl)C(=O)N(c2cc(Cc3n[nH]c(=O)c4cc(F)ccc34)ccc2F)c2ccccc21. The Balaban J connectivity index is 1.60. The molecule has 1 unspecified atom stereocenters. The van der Waals surface area contributed by atoms with E-state index in [1.54, 1.807) is 43.3 Å². The van der Waals surface area contributed by atoms with Crippen molar-refractivity contribution in [3.63, 3.8) is 0 Å². The second-order valence-electron chi connectivity index (χ2n) is 7.81. The topological polar surface area (TPSA) is 66.1 Å². The van der Waals surface area contributed by atoms with Gasteiger partial charge in [-0.25, -0.2) is 13.9 Å². The van der Waals surface area contributed by atoms with Crippen molar-refractivity contribution in [1.82, 2.24) is 10.2 Å². The summed E-state index contributed by atoms with van der Waals surface area (Å²) in [6, 6.07) is 15.3. The predicted octanol–water partition coefficient (Wildman–Crippen LogP) is 4.92. The quantitative estimate of drug-likeness (QED) is 0.449. The number of amides is 1. The number of anilines is 2. The Morgan fingerprint density at radius 2 is 1.78 bits per heavy atom. The number of carbonyl (C=O) groups excluding carboxylic acids is 1. The number of aromatic amines is 1. The van der Waals surface area contributed by atoms with Gasteiger partial charge in [0.15, 0.2) is 0 Å². The lowest BCUT2D eigenvalue weighted by atomic mass is 10.0. The molecule has 1 N–H and O–H groups in total. The number of para-hydroxylation sites is 1. The summed E-state index contributed by atoms with van der Waals surface area (Å²) >= 11 is 6.52. The van der Waals surface area contributed by atoms with E-state index in [1.165, 1.54) is 23.1 Å². The van der Waals surface area contributed by atoms with Crippen LogP contribution in [0.4, 0.5) is 20.2 Å². The Morgan fingerprint density at radius 3 is 2.59 bits per heavy atom. The van der Waals surface area contributed by atoms with Crippen molar-refractivity contribution in [3.05, 3.63) is 99.5 Å². The van der Waals surface area contributed by atoms with Crippen LogP contribution < -0.4 is 10.5 Å². The fourth-order valence-electron chi connectivity index (χ4n) is 4.10. The van der Waals surface area contributed by atoms with Crippen LogP contribution in [0.3, 0.4) is 0 Å². The van der Waals surface area contributed by atoms with Gasteiger partial charge < -0.3 is 0 Å².